The maximum absolute atomic E-state index is 10.3. The van der Waals surface area contributed by atoms with Crippen LogP contribution in [0.2, 0.25) is 0 Å². The molecule has 0 unspecified atom stereocenters. The molecule has 0 aromatic rings. The van der Waals surface area contributed by atoms with Crippen LogP contribution in [0.3, 0.4) is 0 Å². The molecule has 0 fully saturated rings. The molecule has 0 aromatic carbocycles. The second kappa shape index (κ2) is 11.0. The fourth-order valence-electron chi connectivity index (χ4n) is 0.390. The average Bonchev–Trinajstić information content (AvgIpc) is 2.25. The topological polar surface area (TPSA) is 78.9 Å². The third kappa shape index (κ3) is 14.4. The van der Waals surface area contributed by atoms with E-state index in [2.05, 4.69) is 20.8 Å². The predicted octanol–water partition coefficient (Wildman–Crippen LogP) is 0.582. The van der Waals surface area contributed by atoms with Crippen LogP contribution in [0.5, 0.6) is 0 Å². The molecule has 6 heteroatoms. The molecule has 16 heavy (non-hydrogen) atoms. The summed E-state index contributed by atoms with van der Waals surface area (Å²) in [7, 11) is 2.45. The van der Waals surface area contributed by atoms with Gasteiger partial charge in [0.25, 0.3) is 0 Å². The van der Waals surface area contributed by atoms with E-state index >= 15 is 0 Å². The second-order valence-corrected chi connectivity index (χ2v) is 2.16. The summed E-state index contributed by atoms with van der Waals surface area (Å²) in [6, 6.07) is 0. The smallest absolute Gasteiger partial charge is 0.330 e. The molecule has 0 aliphatic carbocycles. The Morgan fingerprint density at radius 3 is 1.50 bits per heavy atom. The molecular weight excluding hydrogens is 216 g/mol. The quantitative estimate of drug-likeness (QED) is 0.305. The van der Waals surface area contributed by atoms with Crippen molar-refractivity contribution in [3.8, 4) is 0 Å². The van der Waals surface area contributed by atoms with Crippen molar-refractivity contribution in [2.24, 2.45) is 0 Å². The molecule has 0 aliphatic heterocycles. The lowest BCUT2D eigenvalue weighted by atomic mass is 10.5. The molecule has 0 atom stereocenters. The summed E-state index contributed by atoms with van der Waals surface area (Å²) in [4.78, 5) is 30.4. The van der Waals surface area contributed by atoms with E-state index in [1.54, 1.807) is 0 Å². The highest BCUT2D eigenvalue weighted by molar-refractivity contribution is 5.91. The van der Waals surface area contributed by atoms with Crippen molar-refractivity contribution in [2.45, 2.75) is 6.92 Å². The van der Waals surface area contributed by atoms with Crippen molar-refractivity contribution < 1.29 is 28.6 Å². The van der Waals surface area contributed by atoms with Gasteiger partial charge in [0.05, 0.1) is 20.5 Å². The molecule has 0 bridgehead atoms. The summed E-state index contributed by atoms with van der Waals surface area (Å²) in [5.41, 5.74) is 0. The van der Waals surface area contributed by atoms with E-state index in [-0.39, 0.29) is 5.97 Å². The van der Waals surface area contributed by atoms with Gasteiger partial charge in [-0.2, -0.15) is 0 Å². The molecule has 0 rings (SSSR count). The third-order valence-electron chi connectivity index (χ3n) is 1.01. The van der Waals surface area contributed by atoms with Gasteiger partial charge in [0.1, 0.15) is 0 Å². The summed E-state index contributed by atoms with van der Waals surface area (Å²) in [5, 5.41) is 0. The molecule has 0 radical (unpaired) electrons. The Kier molecular flexibility index (Phi) is 11.2. The fourth-order valence-corrected chi connectivity index (χ4v) is 0.390. The Hall–Kier alpha value is -2.11. The molecule has 0 N–H and O–H groups in total. The highest BCUT2D eigenvalue weighted by Crippen LogP contribution is 1.80. The van der Waals surface area contributed by atoms with Crippen LogP contribution in [-0.2, 0) is 28.6 Å². The monoisotopic (exact) mass is 230 g/mol. The van der Waals surface area contributed by atoms with Crippen LogP contribution in [0.1, 0.15) is 6.92 Å². The number of hydrogen-bond acceptors (Lipinski definition) is 6. The van der Waals surface area contributed by atoms with Crippen LogP contribution in [0.25, 0.3) is 0 Å². The van der Waals surface area contributed by atoms with Crippen LogP contribution >= 0.6 is 0 Å². The molecule has 0 saturated carbocycles. The zero-order valence-corrected chi connectivity index (χ0v) is 9.39. The van der Waals surface area contributed by atoms with Crippen molar-refractivity contribution >= 4 is 17.9 Å². The van der Waals surface area contributed by atoms with Gasteiger partial charge in [-0.3, -0.25) is 4.79 Å². The Labute approximate surface area is 93.5 Å². The first-order chi connectivity index (χ1) is 7.47. The van der Waals surface area contributed by atoms with Crippen molar-refractivity contribution in [1.82, 2.24) is 0 Å². The Morgan fingerprint density at radius 1 is 1.00 bits per heavy atom. The molecular formula is C10H14O6. The van der Waals surface area contributed by atoms with Gasteiger partial charge < -0.3 is 14.2 Å². The second-order valence-electron chi connectivity index (χ2n) is 2.16. The molecule has 0 aromatic heterocycles. The maximum Gasteiger partial charge on any atom is 0.330 e. The minimum atomic E-state index is -0.578. The summed E-state index contributed by atoms with van der Waals surface area (Å²) in [6.07, 6.45) is 3.08. The average molecular weight is 230 g/mol. The summed E-state index contributed by atoms with van der Waals surface area (Å²) >= 11 is 0. The van der Waals surface area contributed by atoms with E-state index in [9.17, 15) is 14.4 Å². The van der Waals surface area contributed by atoms with Crippen molar-refractivity contribution in [2.75, 3.05) is 14.2 Å². The lowest BCUT2D eigenvalue weighted by Crippen LogP contribution is -1.98. The van der Waals surface area contributed by atoms with Crippen LogP contribution in [-0.4, -0.2) is 32.1 Å². The van der Waals surface area contributed by atoms with Gasteiger partial charge in [-0.15, -0.1) is 0 Å². The molecule has 90 valence electrons. The molecule has 0 saturated heterocycles. The van der Waals surface area contributed by atoms with E-state index in [0.717, 1.165) is 18.4 Å². The van der Waals surface area contributed by atoms with E-state index in [1.807, 2.05) is 0 Å². The third-order valence-corrected chi connectivity index (χ3v) is 1.01. The van der Waals surface area contributed by atoms with Crippen LogP contribution < -0.4 is 0 Å². The van der Waals surface area contributed by atoms with Crippen LogP contribution in [0.4, 0.5) is 0 Å². The number of rotatable bonds is 3. The van der Waals surface area contributed by atoms with Gasteiger partial charge in [0, 0.05) is 19.1 Å². The molecule has 0 aliphatic rings. The van der Waals surface area contributed by atoms with E-state index < -0.39 is 11.9 Å². The van der Waals surface area contributed by atoms with Crippen LogP contribution in [0, 0.1) is 0 Å². The lowest BCUT2D eigenvalue weighted by Gasteiger charge is -1.89. The number of hydrogen-bond donors (Lipinski definition) is 0. The Balaban J connectivity index is 0. The molecule has 0 amide bonds. The van der Waals surface area contributed by atoms with Gasteiger partial charge >= 0.3 is 17.9 Å². The van der Waals surface area contributed by atoms with Crippen molar-refractivity contribution in [1.29, 1.82) is 0 Å². The maximum atomic E-state index is 10.3. The van der Waals surface area contributed by atoms with E-state index in [0.29, 0.717) is 0 Å². The molecule has 6 nitrogen and oxygen atoms in total. The minimum absolute atomic E-state index is 0.329. The fraction of sp³-hybridized carbons (Fsp3) is 0.300. The highest BCUT2D eigenvalue weighted by atomic mass is 16.5. The van der Waals surface area contributed by atoms with Crippen molar-refractivity contribution in [3.63, 3.8) is 0 Å². The first-order valence-electron chi connectivity index (χ1n) is 4.10. The first kappa shape index (κ1) is 16.3. The number of carbonyl (C=O) groups is 3. The zero-order chi connectivity index (χ0) is 13.0. The standard InChI is InChI=1S/C6H8O4.C4H6O2/c1-9-5(7)3-4-6(8)10-2;1-3-6-4(2)5/h3-4H,1-2H3;3H,1H2,2H3. The summed E-state index contributed by atoms with van der Waals surface area (Å²) in [5.74, 6) is -1.49. The normalized spacial score (nSPS) is 8.44. The minimum Gasteiger partial charge on any atom is -0.466 e. The summed E-state index contributed by atoms with van der Waals surface area (Å²) in [6.45, 7) is 4.48. The van der Waals surface area contributed by atoms with E-state index in [4.69, 9.17) is 0 Å². The number of ether oxygens (including phenoxy) is 3. The van der Waals surface area contributed by atoms with Gasteiger partial charge in [0.2, 0.25) is 0 Å². The molecule has 0 heterocycles. The van der Waals surface area contributed by atoms with Gasteiger partial charge in [-0.25, -0.2) is 9.59 Å². The van der Waals surface area contributed by atoms with Gasteiger partial charge in [-0.1, -0.05) is 6.58 Å². The van der Waals surface area contributed by atoms with Gasteiger partial charge in [0.15, 0.2) is 0 Å². The van der Waals surface area contributed by atoms with Crippen LogP contribution in [0.15, 0.2) is 25.0 Å². The molecule has 0 spiro atoms. The van der Waals surface area contributed by atoms with Crippen molar-refractivity contribution in [3.05, 3.63) is 25.0 Å². The predicted molar refractivity (Wildman–Crippen MR) is 55.1 cm³/mol. The largest absolute Gasteiger partial charge is 0.466 e. The van der Waals surface area contributed by atoms with Gasteiger partial charge in [-0.05, 0) is 0 Å². The lowest BCUT2D eigenvalue weighted by molar-refractivity contribution is -0.137. The summed E-state index contributed by atoms with van der Waals surface area (Å²) < 4.78 is 12.6. The first-order valence-corrected chi connectivity index (χ1v) is 4.10. The number of carbonyl (C=O) groups excluding carboxylic acids is 3. The highest BCUT2D eigenvalue weighted by Gasteiger charge is 1.94. The Bertz CT molecular complexity index is 261. The number of methoxy groups -OCH3 is 2. The number of esters is 3. The van der Waals surface area contributed by atoms with E-state index in [1.165, 1.54) is 21.1 Å². The SMILES string of the molecule is C=COC(C)=O.COC(=O)C=CC(=O)OC. The zero-order valence-electron chi connectivity index (χ0n) is 9.39. The Morgan fingerprint density at radius 2 is 1.38 bits per heavy atom.